The second-order valence-electron chi connectivity index (χ2n) is 5.66. The normalized spacial score (nSPS) is 12.4. The lowest BCUT2D eigenvalue weighted by atomic mass is 10.2. The van der Waals surface area contributed by atoms with Crippen LogP contribution in [0.1, 0.15) is 35.7 Å². The van der Waals surface area contributed by atoms with Crippen LogP contribution in [-0.2, 0) is 6.54 Å². The Morgan fingerprint density at radius 1 is 1.35 bits per heavy atom. The summed E-state index contributed by atoms with van der Waals surface area (Å²) >= 11 is 0. The molecule has 2 aromatic rings. The summed E-state index contributed by atoms with van der Waals surface area (Å²) in [6.45, 7) is 5.90. The largest absolute Gasteiger partial charge is 0.491 e. The molecule has 2 heterocycles. The predicted molar refractivity (Wildman–Crippen MR) is 87.8 cm³/mol. The quantitative estimate of drug-likeness (QED) is 0.866. The van der Waals surface area contributed by atoms with E-state index in [-0.39, 0.29) is 17.0 Å². The molecule has 0 radical (unpaired) electrons. The number of nitrogens with one attached hydrogen (secondary N) is 2. The fraction of sp³-hybridized carbons (Fsp3) is 0.438. The zero-order valence-electron chi connectivity index (χ0n) is 14.1. The number of hydrogen-bond acceptors (Lipinski definition) is 5. The van der Waals surface area contributed by atoms with Crippen LogP contribution in [0.4, 0.5) is 0 Å². The Kier molecular flexibility index (Phi) is 5.00. The molecule has 1 atom stereocenters. The van der Waals surface area contributed by atoms with E-state index in [2.05, 4.69) is 15.0 Å². The van der Waals surface area contributed by atoms with Crippen molar-refractivity contribution in [3.05, 3.63) is 55.6 Å². The maximum Gasteiger partial charge on any atom is 0.251 e. The first-order valence-electron chi connectivity index (χ1n) is 7.36. The topological polar surface area (TPSA) is 91.1 Å². The first kappa shape index (κ1) is 17.0. The first-order chi connectivity index (χ1) is 10.8. The van der Waals surface area contributed by atoms with Gasteiger partial charge in [-0.2, -0.15) is 0 Å². The van der Waals surface area contributed by atoms with E-state index in [0.29, 0.717) is 35.1 Å². The number of ether oxygens (including phenoxy) is 1. The number of H-pyrrole nitrogens is 2. The molecule has 0 aliphatic carbocycles. The fourth-order valence-corrected chi connectivity index (χ4v) is 2.42. The fourth-order valence-electron chi connectivity index (χ4n) is 2.42. The minimum atomic E-state index is -0.178. The van der Waals surface area contributed by atoms with Crippen LogP contribution < -0.4 is 15.7 Å². The van der Waals surface area contributed by atoms with E-state index in [4.69, 9.17) is 4.74 Å². The van der Waals surface area contributed by atoms with E-state index in [0.717, 1.165) is 0 Å². The Bertz CT molecular complexity index is 810. The summed E-state index contributed by atoms with van der Waals surface area (Å²) in [5.41, 5.74) is 1.65. The number of rotatable bonds is 5. The van der Waals surface area contributed by atoms with Crippen LogP contribution in [0.3, 0.4) is 0 Å². The van der Waals surface area contributed by atoms with Gasteiger partial charge < -0.3 is 14.7 Å². The molecule has 7 nitrogen and oxygen atoms in total. The molecule has 23 heavy (non-hydrogen) atoms. The van der Waals surface area contributed by atoms with Crippen molar-refractivity contribution in [2.24, 2.45) is 0 Å². The molecule has 2 N–H and O–H groups in total. The molecule has 0 amide bonds. The third-order valence-corrected chi connectivity index (χ3v) is 3.87. The van der Waals surface area contributed by atoms with Crippen molar-refractivity contribution in [2.45, 2.75) is 33.4 Å². The molecule has 0 spiro atoms. The third kappa shape index (κ3) is 3.68. The van der Waals surface area contributed by atoms with Crippen LogP contribution in [0.25, 0.3) is 0 Å². The van der Waals surface area contributed by atoms with Crippen LogP contribution in [0.2, 0.25) is 0 Å². The van der Waals surface area contributed by atoms with Gasteiger partial charge in [0.2, 0.25) is 5.43 Å². The number of methoxy groups -OCH3 is 1. The van der Waals surface area contributed by atoms with Crippen molar-refractivity contribution in [1.82, 2.24) is 19.9 Å². The molecular formula is C16H22N4O3. The van der Waals surface area contributed by atoms with Crippen molar-refractivity contribution >= 4 is 0 Å². The summed E-state index contributed by atoms with van der Waals surface area (Å²) in [5, 5.41) is 0. The smallest absolute Gasteiger partial charge is 0.251 e. The molecule has 2 aromatic heterocycles. The van der Waals surface area contributed by atoms with Gasteiger partial charge in [-0.1, -0.05) is 0 Å². The summed E-state index contributed by atoms with van der Waals surface area (Å²) in [4.78, 5) is 36.0. The lowest BCUT2D eigenvalue weighted by molar-refractivity contribution is 0.241. The van der Waals surface area contributed by atoms with E-state index < -0.39 is 0 Å². The van der Waals surface area contributed by atoms with Crippen LogP contribution in [0, 0.1) is 13.8 Å². The Labute approximate surface area is 134 Å². The van der Waals surface area contributed by atoms with Gasteiger partial charge in [-0.15, -0.1) is 0 Å². The average molecular weight is 318 g/mol. The number of nitrogens with zero attached hydrogens (tertiary/aromatic N) is 2. The summed E-state index contributed by atoms with van der Waals surface area (Å²) in [7, 11) is 3.36. The van der Waals surface area contributed by atoms with Crippen LogP contribution in [0.15, 0.2) is 21.9 Å². The Morgan fingerprint density at radius 2 is 2.04 bits per heavy atom. The first-order valence-corrected chi connectivity index (χ1v) is 7.36. The molecule has 1 unspecified atom stereocenters. The lowest BCUT2D eigenvalue weighted by Gasteiger charge is -2.24. The second-order valence-corrected chi connectivity index (χ2v) is 5.66. The molecule has 0 bridgehead atoms. The molecular weight excluding hydrogens is 296 g/mol. The van der Waals surface area contributed by atoms with Gasteiger partial charge in [0.1, 0.15) is 5.82 Å². The van der Waals surface area contributed by atoms with Gasteiger partial charge in [0.05, 0.1) is 18.8 Å². The van der Waals surface area contributed by atoms with Crippen molar-refractivity contribution in [3.8, 4) is 5.75 Å². The summed E-state index contributed by atoms with van der Waals surface area (Å²) < 4.78 is 5.15. The van der Waals surface area contributed by atoms with E-state index in [9.17, 15) is 9.59 Å². The van der Waals surface area contributed by atoms with Gasteiger partial charge in [-0.05, 0) is 27.8 Å². The van der Waals surface area contributed by atoms with E-state index in [1.165, 1.54) is 13.2 Å². The maximum absolute atomic E-state index is 12.4. The molecule has 2 rings (SSSR count). The average Bonchev–Trinajstić information content (AvgIpc) is 2.48. The zero-order valence-corrected chi connectivity index (χ0v) is 14.1. The van der Waals surface area contributed by atoms with Crippen molar-refractivity contribution in [1.29, 1.82) is 0 Å². The van der Waals surface area contributed by atoms with Gasteiger partial charge in [-0.25, -0.2) is 4.98 Å². The number of pyridine rings is 1. The molecule has 0 saturated carbocycles. The van der Waals surface area contributed by atoms with Crippen molar-refractivity contribution < 1.29 is 4.74 Å². The second kappa shape index (κ2) is 6.78. The van der Waals surface area contributed by atoms with E-state index >= 15 is 0 Å². The van der Waals surface area contributed by atoms with E-state index in [1.807, 2.05) is 18.9 Å². The van der Waals surface area contributed by atoms with E-state index in [1.54, 1.807) is 20.0 Å². The Morgan fingerprint density at radius 3 is 2.65 bits per heavy atom. The van der Waals surface area contributed by atoms with Crippen molar-refractivity contribution in [3.63, 3.8) is 0 Å². The van der Waals surface area contributed by atoms with Gasteiger partial charge in [-0.3, -0.25) is 14.5 Å². The molecule has 0 aliphatic rings. The minimum absolute atomic E-state index is 0.131. The molecule has 124 valence electrons. The van der Waals surface area contributed by atoms with Crippen molar-refractivity contribution in [2.75, 3.05) is 14.2 Å². The summed E-state index contributed by atoms with van der Waals surface area (Å²) in [6, 6.07) is 1.31. The highest BCUT2D eigenvalue weighted by Crippen LogP contribution is 2.17. The summed E-state index contributed by atoms with van der Waals surface area (Å²) in [6.07, 6.45) is 1.69. The third-order valence-electron chi connectivity index (χ3n) is 3.87. The maximum atomic E-state index is 12.4. The lowest BCUT2D eigenvalue weighted by Crippen LogP contribution is -2.28. The predicted octanol–water partition coefficient (Wildman–Crippen LogP) is 1.28. The highest BCUT2D eigenvalue weighted by atomic mass is 16.5. The Balaban J connectivity index is 2.26. The molecule has 0 saturated heterocycles. The minimum Gasteiger partial charge on any atom is -0.491 e. The summed E-state index contributed by atoms with van der Waals surface area (Å²) in [5.74, 6) is 0.902. The zero-order chi connectivity index (χ0) is 17.1. The Hall–Kier alpha value is -2.41. The highest BCUT2D eigenvalue weighted by Gasteiger charge is 2.17. The molecule has 0 fully saturated rings. The van der Waals surface area contributed by atoms with Gasteiger partial charge in [0.15, 0.2) is 5.75 Å². The van der Waals surface area contributed by atoms with Gasteiger partial charge in [0, 0.05) is 30.1 Å². The van der Waals surface area contributed by atoms with Crippen LogP contribution in [0.5, 0.6) is 5.75 Å². The number of aryl methyl sites for hydroxylation is 2. The molecule has 0 aromatic carbocycles. The van der Waals surface area contributed by atoms with Gasteiger partial charge in [0.25, 0.3) is 5.56 Å². The standard InChI is InChI=1S/C16H22N4O3/c1-9-6-13(21)19-16(18-9)11(3)20(4)8-12-7-17-10(2)15(23-5)14(12)22/h6-7,11H,8H2,1-5H3,(H,17,22)(H,18,19,21). The van der Waals surface area contributed by atoms with Crippen LogP contribution in [-0.4, -0.2) is 34.0 Å². The number of aromatic nitrogens is 3. The SMILES string of the molecule is COc1c(C)[nH]cc(CN(C)C(C)c2nc(C)cc(=O)[nH]2)c1=O. The molecule has 7 heteroatoms. The van der Waals surface area contributed by atoms with Crippen LogP contribution >= 0.6 is 0 Å². The monoisotopic (exact) mass is 318 g/mol. The van der Waals surface area contributed by atoms with Gasteiger partial charge >= 0.3 is 0 Å². The molecule has 0 aliphatic heterocycles. The highest BCUT2D eigenvalue weighted by molar-refractivity contribution is 5.30. The number of aromatic amines is 2. The number of hydrogen-bond donors (Lipinski definition) is 2.